The Morgan fingerprint density at radius 1 is 1.30 bits per heavy atom. The molecule has 1 amide bonds. The number of aromatic amines is 1. The molecule has 4 rings (SSSR count). The van der Waals surface area contributed by atoms with E-state index in [4.69, 9.17) is 16.9 Å². The zero-order chi connectivity index (χ0) is 19.1. The monoisotopic (exact) mass is 377 g/mol. The molecular formula is C20H16ClN5O. The molecule has 0 spiro atoms. The largest absolute Gasteiger partial charge is 0.344 e. The number of aryl methyl sites for hydroxylation is 1. The van der Waals surface area contributed by atoms with E-state index in [1.807, 2.05) is 67.1 Å². The van der Waals surface area contributed by atoms with Gasteiger partial charge in [-0.25, -0.2) is 4.98 Å². The predicted octanol–water partition coefficient (Wildman–Crippen LogP) is 4.07. The van der Waals surface area contributed by atoms with E-state index in [1.54, 1.807) is 0 Å². The van der Waals surface area contributed by atoms with Gasteiger partial charge in [0.05, 0.1) is 17.1 Å². The van der Waals surface area contributed by atoms with Crippen LogP contribution >= 0.6 is 11.6 Å². The Labute approximate surface area is 160 Å². The fourth-order valence-corrected chi connectivity index (χ4v) is 3.39. The first-order chi connectivity index (χ1) is 13.0. The SMILES string of the molecule is CC(NC(=O)c1cc2ccc(Cl)cc2n1C)c1ccc2nc(C#N)[nH]c2c1. The number of benzene rings is 2. The number of imidazole rings is 1. The molecule has 0 saturated heterocycles. The maximum Gasteiger partial charge on any atom is 0.268 e. The van der Waals surface area contributed by atoms with Gasteiger partial charge in [0, 0.05) is 23.0 Å². The molecule has 134 valence electrons. The van der Waals surface area contributed by atoms with E-state index >= 15 is 0 Å². The molecular weight excluding hydrogens is 362 g/mol. The van der Waals surface area contributed by atoms with E-state index < -0.39 is 0 Å². The van der Waals surface area contributed by atoms with Gasteiger partial charge in [0.2, 0.25) is 5.82 Å². The molecule has 1 unspecified atom stereocenters. The molecule has 4 aromatic rings. The lowest BCUT2D eigenvalue weighted by atomic mass is 10.1. The lowest BCUT2D eigenvalue weighted by Gasteiger charge is -2.15. The Bertz CT molecular complexity index is 1230. The third kappa shape index (κ3) is 3.03. The summed E-state index contributed by atoms with van der Waals surface area (Å²) in [6.07, 6.45) is 0. The number of amides is 1. The van der Waals surface area contributed by atoms with Crippen LogP contribution in [0.15, 0.2) is 42.5 Å². The number of hydrogen-bond donors (Lipinski definition) is 2. The zero-order valence-electron chi connectivity index (χ0n) is 14.7. The summed E-state index contributed by atoms with van der Waals surface area (Å²) >= 11 is 6.06. The molecule has 0 aliphatic carbocycles. The van der Waals surface area contributed by atoms with Crippen molar-refractivity contribution in [2.24, 2.45) is 7.05 Å². The number of fused-ring (bicyclic) bond motifs is 2. The molecule has 2 N–H and O–H groups in total. The van der Waals surface area contributed by atoms with Crippen LogP contribution in [0.2, 0.25) is 5.02 Å². The molecule has 0 bridgehead atoms. The summed E-state index contributed by atoms with van der Waals surface area (Å²) in [6.45, 7) is 1.92. The van der Waals surface area contributed by atoms with Crippen LogP contribution in [0.4, 0.5) is 0 Å². The number of nitrogens with zero attached hydrogens (tertiary/aromatic N) is 3. The molecule has 27 heavy (non-hydrogen) atoms. The molecule has 2 heterocycles. The summed E-state index contributed by atoms with van der Waals surface area (Å²) < 4.78 is 1.83. The van der Waals surface area contributed by atoms with Crippen molar-refractivity contribution in [2.75, 3.05) is 0 Å². The van der Waals surface area contributed by atoms with Crippen LogP contribution < -0.4 is 5.32 Å². The fourth-order valence-electron chi connectivity index (χ4n) is 3.22. The third-order valence-electron chi connectivity index (χ3n) is 4.70. The van der Waals surface area contributed by atoms with Crippen LogP contribution in [0.1, 0.15) is 34.8 Å². The first kappa shape index (κ1) is 17.1. The maximum atomic E-state index is 12.8. The van der Waals surface area contributed by atoms with Crippen molar-refractivity contribution >= 4 is 39.4 Å². The maximum absolute atomic E-state index is 12.8. The van der Waals surface area contributed by atoms with Gasteiger partial charge in [0.15, 0.2) is 0 Å². The highest BCUT2D eigenvalue weighted by Gasteiger charge is 2.17. The Balaban J connectivity index is 1.61. The second-order valence-corrected chi connectivity index (χ2v) is 6.90. The van der Waals surface area contributed by atoms with Crippen molar-refractivity contribution in [1.82, 2.24) is 19.9 Å². The minimum absolute atomic E-state index is 0.167. The number of H-pyrrole nitrogens is 1. The Kier molecular flexibility index (Phi) is 4.09. The van der Waals surface area contributed by atoms with Gasteiger partial charge in [-0.2, -0.15) is 5.26 Å². The van der Waals surface area contributed by atoms with Gasteiger partial charge < -0.3 is 14.9 Å². The Morgan fingerprint density at radius 3 is 2.89 bits per heavy atom. The summed E-state index contributed by atoms with van der Waals surface area (Å²) in [5, 5.41) is 13.6. The van der Waals surface area contributed by atoms with Crippen molar-refractivity contribution in [1.29, 1.82) is 5.26 Å². The van der Waals surface area contributed by atoms with Crippen LogP contribution in [0.5, 0.6) is 0 Å². The van der Waals surface area contributed by atoms with Gasteiger partial charge in [-0.3, -0.25) is 4.79 Å². The van der Waals surface area contributed by atoms with Crippen LogP contribution in [0.3, 0.4) is 0 Å². The van der Waals surface area contributed by atoms with Crippen LogP contribution in [-0.2, 0) is 7.05 Å². The summed E-state index contributed by atoms with van der Waals surface area (Å²) in [7, 11) is 1.85. The summed E-state index contributed by atoms with van der Waals surface area (Å²) in [4.78, 5) is 19.9. The molecule has 1 atom stereocenters. The standard InChI is InChI=1S/C20H16ClN5O/c1-11(12-4-6-15-16(7-12)25-19(10-22)24-15)23-20(27)18-8-13-3-5-14(21)9-17(13)26(18)2/h3-9,11H,1-2H3,(H,23,27)(H,24,25). The van der Waals surface area contributed by atoms with E-state index in [-0.39, 0.29) is 17.8 Å². The van der Waals surface area contributed by atoms with Gasteiger partial charge in [0.1, 0.15) is 11.8 Å². The van der Waals surface area contributed by atoms with Gasteiger partial charge in [-0.1, -0.05) is 23.7 Å². The highest BCUT2D eigenvalue weighted by atomic mass is 35.5. The number of nitrogens with one attached hydrogen (secondary N) is 2. The van der Waals surface area contributed by atoms with Crippen LogP contribution in [0.25, 0.3) is 21.9 Å². The molecule has 2 aromatic carbocycles. The van der Waals surface area contributed by atoms with Gasteiger partial charge in [-0.05, 0) is 42.8 Å². The van der Waals surface area contributed by atoms with Gasteiger partial charge >= 0.3 is 0 Å². The predicted molar refractivity (Wildman–Crippen MR) is 105 cm³/mol. The number of rotatable bonds is 3. The lowest BCUT2D eigenvalue weighted by Crippen LogP contribution is -2.28. The first-order valence-corrected chi connectivity index (χ1v) is 8.79. The van der Waals surface area contributed by atoms with E-state index in [0.717, 1.165) is 27.5 Å². The fraction of sp³-hybridized carbons (Fsp3) is 0.150. The summed E-state index contributed by atoms with van der Waals surface area (Å²) in [6, 6.07) is 14.8. The number of halogens is 1. The smallest absolute Gasteiger partial charge is 0.268 e. The topological polar surface area (TPSA) is 86.5 Å². The minimum atomic E-state index is -0.211. The lowest BCUT2D eigenvalue weighted by molar-refractivity contribution is 0.0932. The van der Waals surface area contributed by atoms with E-state index in [9.17, 15) is 4.79 Å². The average Bonchev–Trinajstić information content (AvgIpc) is 3.22. The van der Waals surface area contributed by atoms with Crippen molar-refractivity contribution in [3.63, 3.8) is 0 Å². The molecule has 0 fully saturated rings. The molecule has 6 nitrogen and oxygen atoms in total. The zero-order valence-corrected chi connectivity index (χ0v) is 15.5. The average molecular weight is 378 g/mol. The number of hydrogen-bond acceptors (Lipinski definition) is 3. The molecule has 0 saturated carbocycles. The van der Waals surface area contributed by atoms with E-state index in [0.29, 0.717) is 10.7 Å². The van der Waals surface area contributed by atoms with Crippen molar-refractivity contribution in [3.8, 4) is 6.07 Å². The third-order valence-corrected chi connectivity index (χ3v) is 4.93. The highest BCUT2D eigenvalue weighted by Crippen LogP contribution is 2.24. The quantitative estimate of drug-likeness (QED) is 0.564. The van der Waals surface area contributed by atoms with Gasteiger partial charge in [-0.15, -0.1) is 0 Å². The Hall–Kier alpha value is -3.30. The minimum Gasteiger partial charge on any atom is -0.344 e. The molecule has 0 aliphatic rings. The molecule has 2 aromatic heterocycles. The normalized spacial score (nSPS) is 12.2. The van der Waals surface area contributed by atoms with E-state index in [1.165, 1.54) is 0 Å². The van der Waals surface area contributed by atoms with E-state index in [2.05, 4.69) is 15.3 Å². The van der Waals surface area contributed by atoms with Gasteiger partial charge in [0.25, 0.3) is 5.91 Å². The van der Waals surface area contributed by atoms with Crippen molar-refractivity contribution < 1.29 is 4.79 Å². The number of carbonyl (C=O) groups is 1. The van der Waals surface area contributed by atoms with Crippen molar-refractivity contribution in [2.45, 2.75) is 13.0 Å². The second-order valence-electron chi connectivity index (χ2n) is 6.46. The molecule has 7 heteroatoms. The Morgan fingerprint density at radius 2 is 2.11 bits per heavy atom. The summed E-state index contributed by atoms with van der Waals surface area (Å²) in [5.41, 5.74) is 3.88. The second kappa shape index (κ2) is 6.45. The molecule has 0 radical (unpaired) electrons. The summed E-state index contributed by atoms with van der Waals surface area (Å²) in [5.74, 6) is 0.104. The number of carbonyl (C=O) groups excluding carboxylic acids is 1. The molecule has 0 aliphatic heterocycles. The van der Waals surface area contributed by atoms with Crippen LogP contribution in [-0.4, -0.2) is 20.4 Å². The van der Waals surface area contributed by atoms with Crippen LogP contribution in [0, 0.1) is 11.3 Å². The number of aromatic nitrogens is 3. The first-order valence-electron chi connectivity index (χ1n) is 8.42. The number of nitriles is 1. The van der Waals surface area contributed by atoms with Crippen molar-refractivity contribution in [3.05, 3.63) is 64.6 Å². The highest BCUT2D eigenvalue weighted by molar-refractivity contribution is 6.31.